The molecule has 4 N–H and O–H groups in total. The highest BCUT2D eigenvalue weighted by molar-refractivity contribution is 6.39. The third kappa shape index (κ3) is 3.01. The van der Waals surface area contributed by atoms with Gasteiger partial charge >= 0.3 is 0 Å². The minimum Gasteiger partial charge on any atom is -0.324 e. The van der Waals surface area contributed by atoms with Gasteiger partial charge in [0, 0.05) is 0 Å². The first kappa shape index (κ1) is 9.93. The molecule has 0 saturated carbocycles. The van der Waals surface area contributed by atoms with Gasteiger partial charge in [-0.3, -0.25) is 14.6 Å². The van der Waals surface area contributed by atoms with E-state index in [9.17, 15) is 9.59 Å². The van der Waals surface area contributed by atoms with Crippen LogP contribution in [0.2, 0.25) is 0 Å². The highest BCUT2D eigenvalue weighted by Crippen LogP contribution is 1.84. The average molecular weight is 157 g/mol. The molecule has 0 aliphatic carbocycles. The number of carbonyl (C=O) groups is 2. The second-order valence-corrected chi connectivity index (χ2v) is 2.00. The second kappa shape index (κ2) is 4.70. The molecule has 1 unspecified atom stereocenters. The molecule has 62 valence electrons. The van der Waals surface area contributed by atoms with Crippen LogP contribution in [0.5, 0.6) is 0 Å². The smallest absolute Gasteiger partial charge is 0.218 e. The number of aliphatic imine (C=N–C) groups is 1. The number of carbonyl (C=O) groups excluding carboxylic acids is 2. The zero-order chi connectivity index (χ0) is 8.85. The molecule has 5 heteroatoms. The van der Waals surface area contributed by atoms with E-state index in [0.29, 0.717) is 0 Å². The summed E-state index contributed by atoms with van der Waals surface area (Å²) < 4.78 is 0. The quantitative estimate of drug-likeness (QED) is 0.360. The van der Waals surface area contributed by atoms with Gasteiger partial charge in [0.2, 0.25) is 11.6 Å². The SMILES string of the molecule is C=NCC(N)C(=O)C(=O)CN. The summed E-state index contributed by atoms with van der Waals surface area (Å²) in [4.78, 5) is 24.8. The fourth-order valence-corrected chi connectivity index (χ4v) is 0.529. The molecule has 0 aliphatic rings. The first-order valence-corrected chi connectivity index (χ1v) is 3.08. The number of hydrogen-bond donors (Lipinski definition) is 2. The fraction of sp³-hybridized carbons (Fsp3) is 0.500. The molecule has 5 nitrogen and oxygen atoms in total. The van der Waals surface area contributed by atoms with Gasteiger partial charge in [-0.25, -0.2) is 0 Å². The van der Waals surface area contributed by atoms with Gasteiger partial charge in [-0.05, 0) is 6.72 Å². The average Bonchev–Trinajstić information content (AvgIpc) is 2.02. The number of rotatable bonds is 5. The lowest BCUT2D eigenvalue weighted by molar-refractivity contribution is -0.136. The molecule has 0 aromatic rings. The summed E-state index contributed by atoms with van der Waals surface area (Å²) in [5.74, 6) is -1.35. The van der Waals surface area contributed by atoms with Gasteiger partial charge in [0.25, 0.3) is 0 Å². The Morgan fingerprint density at radius 2 is 2.09 bits per heavy atom. The maximum Gasteiger partial charge on any atom is 0.218 e. The summed E-state index contributed by atoms with van der Waals surface area (Å²) in [6.45, 7) is 2.90. The lowest BCUT2D eigenvalue weighted by Crippen LogP contribution is -2.40. The highest BCUT2D eigenvalue weighted by Gasteiger charge is 2.19. The first-order chi connectivity index (χ1) is 5.13. The van der Waals surface area contributed by atoms with Crippen LogP contribution in [0.15, 0.2) is 4.99 Å². The summed E-state index contributed by atoms with van der Waals surface area (Å²) in [7, 11) is 0. The predicted octanol–water partition coefficient (Wildman–Crippen LogP) is -1.89. The van der Waals surface area contributed by atoms with E-state index in [4.69, 9.17) is 11.5 Å². The molecule has 0 rings (SSSR count). The van der Waals surface area contributed by atoms with E-state index in [-0.39, 0.29) is 13.1 Å². The van der Waals surface area contributed by atoms with Crippen molar-refractivity contribution in [3.8, 4) is 0 Å². The van der Waals surface area contributed by atoms with Crippen molar-refractivity contribution in [2.45, 2.75) is 6.04 Å². The van der Waals surface area contributed by atoms with Gasteiger partial charge in [0.15, 0.2) is 0 Å². The molecule has 0 aromatic heterocycles. The Labute approximate surface area is 64.5 Å². The summed E-state index contributed by atoms with van der Waals surface area (Å²) in [5.41, 5.74) is 10.2. The van der Waals surface area contributed by atoms with Gasteiger partial charge in [-0.1, -0.05) is 0 Å². The van der Waals surface area contributed by atoms with Crippen molar-refractivity contribution in [3.63, 3.8) is 0 Å². The van der Waals surface area contributed by atoms with Crippen molar-refractivity contribution in [1.29, 1.82) is 0 Å². The van der Waals surface area contributed by atoms with E-state index in [1.807, 2.05) is 0 Å². The van der Waals surface area contributed by atoms with Gasteiger partial charge < -0.3 is 11.5 Å². The molecule has 0 fully saturated rings. The summed E-state index contributed by atoms with van der Waals surface area (Å²) in [6.07, 6.45) is 0. The summed E-state index contributed by atoms with van der Waals surface area (Å²) >= 11 is 0. The maximum absolute atomic E-state index is 10.8. The molecule has 0 amide bonds. The number of ketones is 2. The lowest BCUT2D eigenvalue weighted by atomic mass is 10.1. The Morgan fingerprint density at radius 1 is 1.55 bits per heavy atom. The molecule has 0 heterocycles. The second-order valence-electron chi connectivity index (χ2n) is 2.00. The number of nitrogens with zero attached hydrogens (tertiary/aromatic N) is 1. The van der Waals surface area contributed by atoms with E-state index in [1.165, 1.54) is 0 Å². The van der Waals surface area contributed by atoms with Crippen molar-refractivity contribution in [3.05, 3.63) is 0 Å². The van der Waals surface area contributed by atoms with E-state index >= 15 is 0 Å². The minimum atomic E-state index is -0.886. The van der Waals surface area contributed by atoms with Crippen molar-refractivity contribution >= 4 is 18.3 Å². The topological polar surface area (TPSA) is 98.5 Å². The zero-order valence-electron chi connectivity index (χ0n) is 6.12. The minimum absolute atomic E-state index is 0.0601. The highest BCUT2D eigenvalue weighted by atomic mass is 16.2. The van der Waals surface area contributed by atoms with Crippen LogP contribution < -0.4 is 11.5 Å². The van der Waals surface area contributed by atoms with Crippen molar-refractivity contribution in [1.82, 2.24) is 0 Å². The number of nitrogens with two attached hydrogens (primary N) is 2. The van der Waals surface area contributed by atoms with Gasteiger partial charge in [0.1, 0.15) is 0 Å². The van der Waals surface area contributed by atoms with Crippen LogP contribution >= 0.6 is 0 Å². The van der Waals surface area contributed by atoms with Crippen LogP contribution in [0.3, 0.4) is 0 Å². The molecule has 11 heavy (non-hydrogen) atoms. The maximum atomic E-state index is 10.8. The van der Waals surface area contributed by atoms with Crippen molar-refractivity contribution in [2.24, 2.45) is 16.5 Å². The molecule has 0 spiro atoms. The molecule has 0 saturated heterocycles. The number of Topliss-reactive ketones (excluding diaryl/α,β-unsaturated/α-hetero) is 2. The Bertz CT molecular complexity index is 179. The van der Waals surface area contributed by atoms with Crippen LogP contribution in [0, 0.1) is 0 Å². The van der Waals surface area contributed by atoms with E-state index < -0.39 is 17.6 Å². The molecular formula is C6H11N3O2. The molecule has 0 bridgehead atoms. The third-order valence-electron chi connectivity index (χ3n) is 1.12. The summed E-state index contributed by atoms with van der Waals surface area (Å²) in [6, 6.07) is -0.886. The normalized spacial score (nSPS) is 12.2. The number of hydrogen-bond acceptors (Lipinski definition) is 5. The van der Waals surface area contributed by atoms with E-state index in [1.54, 1.807) is 0 Å². The zero-order valence-corrected chi connectivity index (χ0v) is 6.12. The van der Waals surface area contributed by atoms with Crippen LogP contribution in [0.1, 0.15) is 0 Å². The Morgan fingerprint density at radius 3 is 2.45 bits per heavy atom. The van der Waals surface area contributed by atoms with Crippen LogP contribution in [0.25, 0.3) is 0 Å². The first-order valence-electron chi connectivity index (χ1n) is 3.08. The van der Waals surface area contributed by atoms with Crippen LogP contribution in [0.4, 0.5) is 0 Å². The molecule has 1 atom stereocenters. The molecule has 0 aromatic carbocycles. The fourth-order valence-electron chi connectivity index (χ4n) is 0.529. The molecule has 0 radical (unpaired) electrons. The van der Waals surface area contributed by atoms with Gasteiger partial charge in [-0.2, -0.15) is 0 Å². The molecule has 0 aliphatic heterocycles. The van der Waals surface area contributed by atoms with Crippen LogP contribution in [-0.2, 0) is 9.59 Å². The van der Waals surface area contributed by atoms with Gasteiger partial charge in [-0.15, -0.1) is 0 Å². The monoisotopic (exact) mass is 157 g/mol. The Kier molecular flexibility index (Phi) is 4.24. The van der Waals surface area contributed by atoms with Crippen molar-refractivity contribution in [2.75, 3.05) is 13.1 Å². The van der Waals surface area contributed by atoms with E-state index in [0.717, 1.165) is 0 Å². The standard InChI is InChI=1S/C6H11N3O2/c1-9-3-4(8)6(11)5(10)2-7/h4H,1-3,7-8H2. The van der Waals surface area contributed by atoms with E-state index in [2.05, 4.69) is 11.7 Å². The molecular weight excluding hydrogens is 146 g/mol. The third-order valence-corrected chi connectivity index (χ3v) is 1.12. The Hall–Kier alpha value is -1.07. The Balaban J connectivity index is 4.01. The van der Waals surface area contributed by atoms with Gasteiger partial charge in [0.05, 0.1) is 19.1 Å². The predicted molar refractivity (Wildman–Crippen MR) is 41.5 cm³/mol. The summed E-state index contributed by atoms with van der Waals surface area (Å²) in [5, 5.41) is 0. The largest absolute Gasteiger partial charge is 0.324 e. The lowest BCUT2D eigenvalue weighted by Gasteiger charge is -2.03. The van der Waals surface area contributed by atoms with Crippen molar-refractivity contribution < 1.29 is 9.59 Å². The van der Waals surface area contributed by atoms with Crippen LogP contribution in [-0.4, -0.2) is 37.4 Å².